The highest BCUT2D eigenvalue weighted by Crippen LogP contribution is 2.17. The van der Waals surface area contributed by atoms with Crippen LogP contribution in [0.2, 0.25) is 0 Å². The van der Waals surface area contributed by atoms with Gasteiger partial charge in [0.2, 0.25) is 5.91 Å². The highest BCUT2D eigenvalue weighted by Gasteiger charge is 2.11. The van der Waals surface area contributed by atoms with E-state index in [2.05, 4.69) is 5.32 Å². The maximum atomic E-state index is 11.7. The highest BCUT2D eigenvalue weighted by molar-refractivity contribution is 7.07. The first-order chi connectivity index (χ1) is 9.16. The van der Waals surface area contributed by atoms with Gasteiger partial charge in [-0.2, -0.15) is 11.3 Å². The Kier molecular flexibility index (Phi) is 4.54. The minimum absolute atomic E-state index is 0.100. The Hall–Kier alpha value is -1.85. The Morgan fingerprint density at radius 2 is 2.11 bits per heavy atom. The molecule has 0 spiro atoms. The molecule has 19 heavy (non-hydrogen) atoms. The summed E-state index contributed by atoms with van der Waals surface area (Å²) in [4.78, 5) is 11.7. The van der Waals surface area contributed by atoms with Crippen molar-refractivity contribution in [3.05, 3.63) is 52.2 Å². The van der Waals surface area contributed by atoms with E-state index in [4.69, 9.17) is 0 Å². The van der Waals surface area contributed by atoms with E-state index in [1.807, 2.05) is 16.8 Å². The Bertz CT molecular complexity index is 539. The van der Waals surface area contributed by atoms with Crippen LogP contribution in [0.25, 0.3) is 0 Å². The van der Waals surface area contributed by atoms with Crippen molar-refractivity contribution in [2.45, 2.75) is 12.5 Å². The van der Waals surface area contributed by atoms with Gasteiger partial charge in [0.05, 0.1) is 12.5 Å². The van der Waals surface area contributed by atoms with E-state index in [1.165, 1.54) is 11.3 Å². The third kappa shape index (κ3) is 3.81. The molecule has 1 atom stereocenters. The van der Waals surface area contributed by atoms with Crippen molar-refractivity contribution in [2.24, 2.45) is 0 Å². The molecule has 0 aliphatic rings. The molecule has 0 saturated carbocycles. The van der Waals surface area contributed by atoms with E-state index >= 15 is 0 Å². The predicted octanol–water partition coefficient (Wildman–Crippen LogP) is 1.85. The molecule has 0 radical (unpaired) electrons. The number of aliphatic hydroxyl groups is 1. The largest absolute Gasteiger partial charge is 0.508 e. The lowest BCUT2D eigenvalue weighted by Gasteiger charge is -2.11. The van der Waals surface area contributed by atoms with Crippen LogP contribution in [0.1, 0.15) is 17.2 Å². The summed E-state index contributed by atoms with van der Waals surface area (Å²) in [7, 11) is 0. The number of benzene rings is 1. The van der Waals surface area contributed by atoms with E-state index in [0.29, 0.717) is 5.56 Å². The van der Waals surface area contributed by atoms with Crippen LogP contribution in [-0.2, 0) is 11.2 Å². The molecule has 0 aliphatic heterocycles. The number of phenols is 1. The van der Waals surface area contributed by atoms with Crippen molar-refractivity contribution in [1.29, 1.82) is 0 Å². The molecular formula is C14H15NO3S. The number of thiophene rings is 1. The molecule has 0 aliphatic carbocycles. The lowest BCUT2D eigenvalue weighted by atomic mass is 10.1. The Balaban J connectivity index is 1.84. The summed E-state index contributed by atoms with van der Waals surface area (Å²) in [5, 5.41) is 25.8. The number of aliphatic hydroxyl groups excluding tert-OH is 1. The molecule has 0 bridgehead atoms. The Labute approximate surface area is 115 Å². The van der Waals surface area contributed by atoms with Gasteiger partial charge in [0, 0.05) is 12.1 Å². The third-order valence-electron chi connectivity index (χ3n) is 2.76. The quantitative estimate of drug-likeness (QED) is 0.781. The van der Waals surface area contributed by atoms with Crippen molar-refractivity contribution in [2.75, 3.05) is 6.54 Å². The molecule has 0 fully saturated rings. The molecule has 4 nitrogen and oxygen atoms in total. The van der Waals surface area contributed by atoms with Crippen molar-refractivity contribution >= 4 is 17.2 Å². The van der Waals surface area contributed by atoms with Crippen molar-refractivity contribution < 1.29 is 15.0 Å². The summed E-state index contributed by atoms with van der Waals surface area (Å²) in [6.45, 7) is 0.170. The van der Waals surface area contributed by atoms with Crippen LogP contribution >= 0.6 is 11.3 Å². The molecule has 0 saturated heterocycles. The molecule has 1 aromatic heterocycles. The number of rotatable bonds is 5. The van der Waals surface area contributed by atoms with Gasteiger partial charge in [-0.1, -0.05) is 18.2 Å². The van der Waals surface area contributed by atoms with Gasteiger partial charge in [-0.15, -0.1) is 0 Å². The second-order valence-electron chi connectivity index (χ2n) is 4.18. The van der Waals surface area contributed by atoms with Crippen molar-refractivity contribution in [3.8, 4) is 5.75 Å². The van der Waals surface area contributed by atoms with Gasteiger partial charge in [-0.05, 0) is 28.5 Å². The number of phenolic OH excluding ortho intramolecular Hbond substituents is 1. The van der Waals surface area contributed by atoms with Crippen LogP contribution in [0.4, 0.5) is 0 Å². The van der Waals surface area contributed by atoms with Gasteiger partial charge >= 0.3 is 0 Å². The van der Waals surface area contributed by atoms with Gasteiger partial charge in [-0.3, -0.25) is 4.79 Å². The van der Waals surface area contributed by atoms with Crippen LogP contribution in [0.5, 0.6) is 5.75 Å². The molecular weight excluding hydrogens is 262 g/mol. The normalized spacial score (nSPS) is 12.1. The fourth-order valence-electron chi connectivity index (χ4n) is 1.69. The number of nitrogens with one attached hydrogen (secondary N) is 1. The fraction of sp³-hybridized carbons (Fsp3) is 0.214. The lowest BCUT2D eigenvalue weighted by molar-refractivity contribution is -0.120. The maximum Gasteiger partial charge on any atom is 0.224 e. The molecule has 1 heterocycles. The van der Waals surface area contributed by atoms with Crippen molar-refractivity contribution in [3.63, 3.8) is 0 Å². The standard InChI is InChI=1S/C14H15NO3S/c16-12-4-2-1-3-10(12)7-14(18)15-8-13(17)11-5-6-19-9-11/h1-6,9,13,16-17H,7-8H2,(H,15,18). The Morgan fingerprint density at radius 1 is 1.32 bits per heavy atom. The number of hydrogen-bond acceptors (Lipinski definition) is 4. The molecule has 3 N–H and O–H groups in total. The first-order valence-corrected chi connectivity index (χ1v) is 6.85. The lowest BCUT2D eigenvalue weighted by Crippen LogP contribution is -2.29. The zero-order valence-electron chi connectivity index (χ0n) is 10.2. The number of hydrogen-bond donors (Lipinski definition) is 3. The second kappa shape index (κ2) is 6.36. The number of carbonyl (C=O) groups excluding carboxylic acids is 1. The zero-order valence-corrected chi connectivity index (χ0v) is 11.1. The summed E-state index contributed by atoms with van der Waals surface area (Å²) < 4.78 is 0. The van der Waals surface area contributed by atoms with Crippen molar-refractivity contribution in [1.82, 2.24) is 5.32 Å². The summed E-state index contributed by atoms with van der Waals surface area (Å²) in [6, 6.07) is 8.54. The molecule has 2 aromatic rings. The van der Waals surface area contributed by atoms with E-state index in [1.54, 1.807) is 24.3 Å². The van der Waals surface area contributed by atoms with E-state index in [0.717, 1.165) is 5.56 Å². The first kappa shape index (κ1) is 13.6. The van der Waals surface area contributed by atoms with E-state index < -0.39 is 6.10 Å². The average molecular weight is 277 g/mol. The second-order valence-corrected chi connectivity index (χ2v) is 4.96. The smallest absolute Gasteiger partial charge is 0.224 e. The molecule has 1 unspecified atom stereocenters. The molecule has 5 heteroatoms. The highest BCUT2D eigenvalue weighted by atomic mass is 32.1. The van der Waals surface area contributed by atoms with Crippen LogP contribution in [0.3, 0.4) is 0 Å². The van der Waals surface area contributed by atoms with Crippen LogP contribution in [0.15, 0.2) is 41.1 Å². The van der Waals surface area contributed by atoms with Crippen LogP contribution in [0, 0.1) is 0 Å². The number of amides is 1. The summed E-state index contributed by atoms with van der Waals surface area (Å²) >= 11 is 1.50. The first-order valence-electron chi connectivity index (χ1n) is 5.90. The van der Waals surface area contributed by atoms with Crippen LogP contribution < -0.4 is 5.32 Å². The molecule has 100 valence electrons. The molecule has 2 rings (SSSR count). The number of para-hydroxylation sites is 1. The van der Waals surface area contributed by atoms with Gasteiger partial charge in [0.15, 0.2) is 0 Å². The van der Waals surface area contributed by atoms with Gasteiger partial charge in [-0.25, -0.2) is 0 Å². The number of aromatic hydroxyl groups is 1. The van der Waals surface area contributed by atoms with Gasteiger partial charge in [0.1, 0.15) is 5.75 Å². The third-order valence-corrected chi connectivity index (χ3v) is 3.46. The minimum atomic E-state index is -0.695. The SMILES string of the molecule is O=C(Cc1ccccc1O)NCC(O)c1ccsc1. The van der Waals surface area contributed by atoms with E-state index in [9.17, 15) is 15.0 Å². The predicted molar refractivity (Wildman–Crippen MR) is 74.1 cm³/mol. The summed E-state index contributed by atoms with van der Waals surface area (Å²) in [5.41, 5.74) is 1.37. The Morgan fingerprint density at radius 3 is 2.79 bits per heavy atom. The molecule has 1 aromatic carbocycles. The fourth-order valence-corrected chi connectivity index (χ4v) is 2.40. The van der Waals surface area contributed by atoms with Crippen LogP contribution in [-0.4, -0.2) is 22.7 Å². The average Bonchev–Trinajstić information content (AvgIpc) is 2.93. The maximum absolute atomic E-state index is 11.7. The topological polar surface area (TPSA) is 69.6 Å². The van der Waals surface area contributed by atoms with Gasteiger partial charge in [0.25, 0.3) is 0 Å². The zero-order chi connectivity index (χ0) is 13.7. The molecule has 1 amide bonds. The monoisotopic (exact) mass is 277 g/mol. The summed E-state index contributed by atoms with van der Waals surface area (Å²) in [5.74, 6) is -0.119. The minimum Gasteiger partial charge on any atom is -0.508 e. The van der Waals surface area contributed by atoms with Gasteiger partial charge < -0.3 is 15.5 Å². The van der Waals surface area contributed by atoms with E-state index in [-0.39, 0.29) is 24.6 Å². The number of carbonyl (C=O) groups is 1. The summed E-state index contributed by atoms with van der Waals surface area (Å²) in [6.07, 6.45) is -0.595.